The number of hydrogen-bond donors (Lipinski definition) is 2. The molecule has 3 aromatic rings. The Morgan fingerprint density at radius 2 is 1.68 bits per heavy atom. The van der Waals surface area contributed by atoms with Gasteiger partial charge in [0.1, 0.15) is 5.78 Å². The summed E-state index contributed by atoms with van der Waals surface area (Å²) in [6.07, 6.45) is 2.55. The number of aliphatic hydroxyl groups is 1. The van der Waals surface area contributed by atoms with E-state index in [1.54, 1.807) is 54.3 Å². The first kappa shape index (κ1) is 29.3. The summed E-state index contributed by atoms with van der Waals surface area (Å²) in [4.78, 5) is 46.7. The van der Waals surface area contributed by atoms with Crippen LogP contribution in [0, 0.1) is 0 Å². The molecule has 0 bridgehead atoms. The molecule has 214 valence electrons. The molecule has 0 spiro atoms. The minimum atomic E-state index is -0.866. The predicted octanol–water partition coefficient (Wildman–Crippen LogP) is 5.96. The first-order valence-electron chi connectivity index (χ1n) is 13.8. The third-order valence-electron chi connectivity index (χ3n) is 7.88. The maximum Gasteiger partial charge on any atom is 0.255 e. The van der Waals surface area contributed by atoms with Crippen molar-refractivity contribution in [3.05, 3.63) is 105 Å². The highest BCUT2D eigenvalue weighted by atomic mass is 35.5. The summed E-state index contributed by atoms with van der Waals surface area (Å²) in [5.74, 6) is -1.48. The third kappa shape index (κ3) is 6.33. The van der Waals surface area contributed by atoms with E-state index in [-0.39, 0.29) is 18.3 Å². The van der Waals surface area contributed by atoms with Crippen LogP contribution >= 0.6 is 23.2 Å². The van der Waals surface area contributed by atoms with E-state index in [0.717, 1.165) is 24.0 Å². The second kappa shape index (κ2) is 12.7. The lowest BCUT2D eigenvalue weighted by Gasteiger charge is -2.48. The molecule has 1 fully saturated rings. The van der Waals surface area contributed by atoms with E-state index < -0.39 is 30.0 Å². The summed E-state index contributed by atoms with van der Waals surface area (Å²) in [7, 11) is 0. The summed E-state index contributed by atoms with van der Waals surface area (Å²) in [6.45, 7) is 1.65. The van der Waals surface area contributed by atoms with Crippen molar-refractivity contribution < 1.29 is 24.3 Å². The Balaban J connectivity index is 1.48. The van der Waals surface area contributed by atoms with Crippen LogP contribution < -0.4 is 5.48 Å². The van der Waals surface area contributed by atoms with Crippen LogP contribution in [0.15, 0.2) is 66.7 Å². The van der Waals surface area contributed by atoms with Gasteiger partial charge in [0.15, 0.2) is 0 Å². The van der Waals surface area contributed by atoms with E-state index in [1.165, 1.54) is 0 Å². The average Bonchev–Trinajstić information content (AvgIpc) is 2.94. The van der Waals surface area contributed by atoms with Crippen LogP contribution in [0.5, 0.6) is 0 Å². The molecular formula is C32H32Cl2N2O5. The topological polar surface area (TPSA) is 95.9 Å². The van der Waals surface area contributed by atoms with Gasteiger partial charge in [0.25, 0.3) is 11.8 Å². The van der Waals surface area contributed by atoms with Gasteiger partial charge in [-0.15, -0.1) is 0 Å². The molecule has 1 aliphatic heterocycles. The molecular weight excluding hydrogens is 563 g/mol. The lowest BCUT2D eigenvalue weighted by atomic mass is 9.77. The van der Waals surface area contributed by atoms with Crippen LogP contribution in [-0.2, 0) is 27.5 Å². The number of aliphatic hydroxyl groups excluding tert-OH is 1. The van der Waals surface area contributed by atoms with Crippen molar-refractivity contribution in [1.29, 1.82) is 0 Å². The predicted molar refractivity (Wildman–Crippen MR) is 157 cm³/mol. The van der Waals surface area contributed by atoms with E-state index in [4.69, 9.17) is 28.0 Å². The van der Waals surface area contributed by atoms with Gasteiger partial charge in [-0.2, -0.15) is 0 Å². The Morgan fingerprint density at radius 3 is 2.39 bits per heavy atom. The number of Topliss-reactive ketones (excluding diaryl/α,β-unsaturated/α-hetero) is 1. The first-order valence-corrected chi connectivity index (χ1v) is 14.5. The number of carbonyl (C=O) groups is 3. The Bertz CT molecular complexity index is 1440. The number of rotatable bonds is 8. The molecule has 2 aliphatic rings. The van der Waals surface area contributed by atoms with E-state index in [9.17, 15) is 19.5 Å². The zero-order valence-corrected chi connectivity index (χ0v) is 24.2. The fourth-order valence-corrected chi connectivity index (χ4v) is 6.50. The van der Waals surface area contributed by atoms with Gasteiger partial charge in [0.05, 0.1) is 30.7 Å². The number of nitrogens with one attached hydrogen (secondary N) is 1. The Kier molecular flexibility index (Phi) is 9.09. The molecule has 1 saturated carbocycles. The summed E-state index contributed by atoms with van der Waals surface area (Å²) in [6, 6.07) is 18.2. The van der Waals surface area contributed by atoms with Gasteiger partial charge in [0.2, 0.25) is 0 Å². The summed E-state index contributed by atoms with van der Waals surface area (Å²) >= 11 is 12.9. The molecule has 1 heterocycles. The number of benzene rings is 3. The number of carbonyl (C=O) groups excluding carboxylic acids is 3. The lowest BCUT2D eigenvalue weighted by Crippen LogP contribution is -2.55. The van der Waals surface area contributed by atoms with Crippen LogP contribution in [0.3, 0.4) is 0 Å². The highest BCUT2D eigenvalue weighted by molar-refractivity contribution is 6.35. The number of nitrogens with zero attached hydrogens (tertiary/aromatic N) is 1. The number of hydroxylamine groups is 1. The number of hydrogen-bond acceptors (Lipinski definition) is 5. The molecule has 9 heteroatoms. The minimum absolute atomic E-state index is 0.0812. The van der Waals surface area contributed by atoms with E-state index >= 15 is 0 Å². The molecule has 2 N–H and O–H groups in total. The molecule has 0 aromatic heterocycles. The van der Waals surface area contributed by atoms with Gasteiger partial charge >= 0.3 is 0 Å². The van der Waals surface area contributed by atoms with Crippen LogP contribution in [0.1, 0.15) is 77.2 Å². The van der Waals surface area contributed by atoms with Crippen molar-refractivity contribution >= 4 is 40.8 Å². The second-order valence-corrected chi connectivity index (χ2v) is 11.6. The quantitative estimate of drug-likeness (QED) is 0.314. The highest BCUT2D eigenvalue weighted by Gasteiger charge is 2.49. The molecule has 3 aromatic carbocycles. The largest absolute Gasteiger partial charge is 0.391 e. The maximum atomic E-state index is 14.0. The Hall–Kier alpha value is -3.23. The summed E-state index contributed by atoms with van der Waals surface area (Å²) < 4.78 is 0. The van der Waals surface area contributed by atoms with Crippen molar-refractivity contribution in [2.45, 2.75) is 69.7 Å². The number of halogens is 2. The molecule has 4 atom stereocenters. The molecule has 0 unspecified atom stereocenters. The molecule has 0 radical (unpaired) electrons. The van der Waals surface area contributed by atoms with E-state index in [1.807, 2.05) is 24.3 Å². The summed E-state index contributed by atoms with van der Waals surface area (Å²) in [5.41, 5.74) is 5.87. The van der Waals surface area contributed by atoms with Crippen LogP contribution in [0.2, 0.25) is 10.0 Å². The van der Waals surface area contributed by atoms with Crippen molar-refractivity contribution in [2.75, 3.05) is 0 Å². The zero-order valence-electron chi connectivity index (χ0n) is 22.7. The van der Waals surface area contributed by atoms with Gasteiger partial charge < -0.3 is 10.0 Å². The molecule has 5 rings (SSSR count). The molecule has 2 amide bonds. The van der Waals surface area contributed by atoms with Gasteiger partial charge in [-0.3, -0.25) is 19.2 Å². The van der Waals surface area contributed by atoms with Gasteiger partial charge in [-0.1, -0.05) is 84.6 Å². The number of amides is 2. The lowest BCUT2D eigenvalue weighted by molar-refractivity contribution is -0.138. The first-order chi connectivity index (χ1) is 19.7. The molecule has 7 nitrogen and oxygen atoms in total. The van der Waals surface area contributed by atoms with Crippen molar-refractivity contribution in [3.8, 4) is 0 Å². The zero-order chi connectivity index (χ0) is 29.1. The minimum Gasteiger partial charge on any atom is -0.391 e. The standard InChI is InChI=1S/C32H32Cl2N2O5/c1-19(37)16-20-10-12-21(13-11-20)18-41-35-31(39)29-23-6-2-3-7-24(23)32(40)36(27-8-4-5-9-28(27)38)30(29)25-15-14-22(33)17-26(25)34/h2-3,6-7,10-15,17,27-30,38H,4-5,8-9,16,18H2,1H3,(H,35,39)/t27-,28-,29+,30-/m0/s1. The normalized spacial score (nSPS) is 22.2. The van der Waals surface area contributed by atoms with Gasteiger partial charge in [0, 0.05) is 22.0 Å². The molecule has 0 saturated heterocycles. The molecule has 41 heavy (non-hydrogen) atoms. The van der Waals surface area contributed by atoms with E-state index in [0.29, 0.717) is 46.0 Å². The fourth-order valence-electron chi connectivity index (χ4n) is 5.98. The second-order valence-electron chi connectivity index (χ2n) is 10.8. The SMILES string of the molecule is CC(=O)Cc1ccc(CONC(=O)[C@@H]2c3ccccc3C(=O)N([C@H]3CCCC[C@@H]3O)[C@H]2c2ccc(Cl)cc2Cl)cc1. The fraction of sp³-hybridized carbons (Fsp3) is 0.344. The number of fused-ring (bicyclic) bond motifs is 1. The van der Waals surface area contributed by atoms with Gasteiger partial charge in [-0.05, 0) is 60.2 Å². The highest BCUT2D eigenvalue weighted by Crippen LogP contribution is 2.47. The average molecular weight is 596 g/mol. The van der Waals surface area contributed by atoms with Crippen LogP contribution in [-0.4, -0.2) is 39.7 Å². The third-order valence-corrected chi connectivity index (χ3v) is 8.44. The molecule has 1 aliphatic carbocycles. The van der Waals surface area contributed by atoms with Crippen molar-refractivity contribution in [1.82, 2.24) is 10.4 Å². The Morgan fingerprint density at radius 1 is 0.976 bits per heavy atom. The van der Waals surface area contributed by atoms with Gasteiger partial charge in [-0.25, -0.2) is 5.48 Å². The monoisotopic (exact) mass is 594 g/mol. The smallest absolute Gasteiger partial charge is 0.255 e. The Labute approximate surface area is 249 Å². The maximum absolute atomic E-state index is 14.0. The van der Waals surface area contributed by atoms with Crippen molar-refractivity contribution in [3.63, 3.8) is 0 Å². The summed E-state index contributed by atoms with van der Waals surface area (Å²) in [5, 5.41) is 11.8. The van der Waals surface area contributed by atoms with Crippen LogP contribution in [0.25, 0.3) is 0 Å². The van der Waals surface area contributed by atoms with Crippen molar-refractivity contribution in [2.24, 2.45) is 0 Å². The van der Waals surface area contributed by atoms with E-state index in [2.05, 4.69) is 5.48 Å². The number of ketones is 1. The van der Waals surface area contributed by atoms with Crippen LogP contribution in [0.4, 0.5) is 0 Å².